The number of benzene rings is 1. The molecule has 3 N–H and O–H groups in total. The number of rotatable bonds is 5. The van der Waals surface area contributed by atoms with Crippen LogP contribution in [0.3, 0.4) is 0 Å². The zero-order valence-electron chi connectivity index (χ0n) is 13.3. The average molecular weight is 287 g/mol. The Bertz CT molecular complexity index is 604. The number of aromatic nitrogens is 1. The molecule has 0 bridgehead atoms. The first-order valence-corrected chi connectivity index (χ1v) is 7.41. The lowest BCUT2D eigenvalue weighted by Crippen LogP contribution is -2.38. The van der Waals surface area contributed by atoms with Gasteiger partial charge in [0.2, 0.25) is 0 Å². The third kappa shape index (κ3) is 3.64. The lowest BCUT2D eigenvalue weighted by Gasteiger charge is -2.32. The third-order valence-electron chi connectivity index (χ3n) is 3.66. The van der Waals surface area contributed by atoms with Gasteiger partial charge in [0.1, 0.15) is 0 Å². The highest BCUT2D eigenvalue weighted by Crippen LogP contribution is 2.31. The summed E-state index contributed by atoms with van der Waals surface area (Å²) in [4.78, 5) is 4.38. The monoisotopic (exact) mass is 287 g/mol. The van der Waals surface area contributed by atoms with Gasteiger partial charge in [0, 0.05) is 12.0 Å². The minimum absolute atomic E-state index is 0.0615. The smallest absolute Gasteiger partial charge is 0.0743 e. The largest absolute Gasteiger partial charge is 0.396 e. The second-order valence-electron chi connectivity index (χ2n) is 6.33. The van der Waals surface area contributed by atoms with Crippen LogP contribution >= 0.6 is 0 Å². The molecule has 0 unspecified atom stereocenters. The molecule has 114 valence electrons. The van der Waals surface area contributed by atoms with Crippen LogP contribution in [0.15, 0.2) is 30.5 Å². The number of anilines is 2. The van der Waals surface area contributed by atoms with E-state index in [2.05, 4.69) is 31.1 Å². The summed E-state index contributed by atoms with van der Waals surface area (Å²) in [5.41, 5.74) is 8.76. The highest BCUT2D eigenvalue weighted by atomic mass is 16.5. The number of fused-ring (bicyclic) bond motifs is 1. The summed E-state index contributed by atoms with van der Waals surface area (Å²) in [7, 11) is 0. The standard InChI is InChI=1S/C17H25N3O/c1-5-21-11-15(17(2,3)4)20-16-12-8-6-7-9-14(12)19-10-13(16)18/h6-10,15H,5,11,18H2,1-4H3,(H,19,20)/t15-/m1/s1. The van der Waals surface area contributed by atoms with E-state index in [0.29, 0.717) is 18.9 Å². The fourth-order valence-corrected chi connectivity index (χ4v) is 2.24. The van der Waals surface area contributed by atoms with Crippen molar-refractivity contribution in [3.8, 4) is 0 Å². The van der Waals surface area contributed by atoms with E-state index in [9.17, 15) is 0 Å². The molecule has 0 aliphatic carbocycles. The quantitative estimate of drug-likeness (QED) is 0.880. The second-order valence-corrected chi connectivity index (χ2v) is 6.33. The molecule has 0 aliphatic heterocycles. The van der Waals surface area contributed by atoms with Gasteiger partial charge in [0.05, 0.1) is 35.7 Å². The molecule has 2 aromatic rings. The van der Waals surface area contributed by atoms with Gasteiger partial charge in [-0.3, -0.25) is 4.98 Å². The molecule has 0 saturated carbocycles. The maximum absolute atomic E-state index is 6.14. The van der Waals surface area contributed by atoms with Crippen LogP contribution in [-0.4, -0.2) is 24.2 Å². The van der Waals surface area contributed by atoms with Gasteiger partial charge in [-0.25, -0.2) is 0 Å². The van der Waals surface area contributed by atoms with E-state index in [1.165, 1.54) is 0 Å². The molecule has 1 aromatic heterocycles. The predicted molar refractivity (Wildman–Crippen MR) is 89.5 cm³/mol. The second kappa shape index (κ2) is 6.31. The molecule has 0 aliphatic rings. The molecule has 0 spiro atoms. The van der Waals surface area contributed by atoms with Crippen molar-refractivity contribution in [1.29, 1.82) is 0 Å². The Morgan fingerprint density at radius 3 is 2.67 bits per heavy atom. The molecular formula is C17H25N3O. The number of nitrogen functional groups attached to an aromatic ring is 1. The first kappa shape index (κ1) is 15.6. The zero-order valence-corrected chi connectivity index (χ0v) is 13.3. The fraction of sp³-hybridized carbons (Fsp3) is 0.471. The van der Waals surface area contributed by atoms with E-state index in [4.69, 9.17) is 10.5 Å². The molecule has 0 radical (unpaired) electrons. The van der Waals surface area contributed by atoms with E-state index in [0.717, 1.165) is 16.6 Å². The number of hydrogen-bond donors (Lipinski definition) is 2. The zero-order chi connectivity index (χ0) is 15.5. The molecule has 1 aromatic carbocycles. The Morgan fingerprint density at radius 1 is 1.29 bits per heavy atom. The number of nitrogens with two attached hydrogens (primary N) is 1. The Morgan fingerprint density at radius 2 is 2.00 bits per heavy atom. The minimum Gasteiger partial charge on any atom is -0.396 e. The Kier molecular flexibility index (Phi) is 4.68. The topological polar surface area (TPSA) is 60.2 Å². The highest BCUT2D eigenvalue weighted by Gasteiger charge is 2.25. The minimum atomic E-state index is 0.0615. The van der Waals surface area contributed by atoms with Crippen molar-refractivity contribution < 1.29 is 4.74 Å². The average Bonchev–Trinajstić information content (AvgIpc) is 2.44. The van der Waals surface area contributed by atoms with Gasteiger partial charge in [0.25, 0.3) is 0 Å². The van der Waals surface area contributed by atoms with Gasteiger partial charge in [-0.05, 0) is 18.4 Å². The summed E-state index contributed by atoms with van der Waals surface area (Å²) >= 11 is 0. The number of hydrogen-bond acceptors (Lipinski definition) is 4. The van der Waals surface area contributed by atoms with Crippen molar-refractivity contribution in [2.24, 2.45) is 5.41 Å². The molecule has 1 heterocycles. The van der Waals surface area contributed by atoms with Gasteiger partial charge >= 0.3 is 0 Å². The normalized spacial score (nSPS) is 13.3. The van der Waals surface area contributed by atoms with Crippen molar-refractivity contribution >= 4 is 22.3 Å². The van der Waals surface area contributed by atoms with Crippen LogP contribution in [0.5, 0.6) is 0 Å². The molecule has 21 heavy (non-hydrogen) atoms. The number of ether oxygens (including phenoxy) is 1. The van der Waals surface area contributed by atoms with Crippen LogP contribution in [-0.2, 0) is 4.74 Å². The summed E-state index contributed by atoms with van der Waals surface area (Å²) < 4.78 is 5.63. The Hall–Kier alpha value is -1.81. The predicted octanol–water partition coefficient (Wildman–Crippen LogP) is 3.68. The fourth-order valence-electron chi connectivity index (χ4n) is 2.24. The highest BCUT2D eigenvalue weighted by molar-refractivity contribution is 5.96. The lowest BCUT2D eigenvalue weighted by molar-refractivity contribution is 0.107. The maximum atomic E-state index is 6.14. The van der Waals surface area contributed by atoms with Crippen LogP contribution < -0.4 is 11.1 Å². The molecule has 0 fully saturated rings. The molecule has 4 nitrogen and oxygen atoms in total. The van der Waals surface area contributed by atoms with Crippen LogP contribution in [0.1, 0.15) is 27.7 Å². The van der Waals surface area contributed by atoms with Crippen LogP contribution in [0.4, 0.5) is 11.4 Å². The Balaban J connectivity index is 2.38. The van der Waals surface area contributed by atoms with Crippen molar-refractivity contribution in [2.45, 2.75) is 33.7 Å². The number of pyridine rings is 1. The summed E-state index contributed by atoms with van der Waals surface area (Å²) in [5, 5.41) is 4.62. The van der Waals surface area contributed by atoms with Crippen molar-refractivity contribution in [3.63, 3.8) is 0 Å². The molecule has 4 heteroatoms. The first-order valence-electron chi connectivity index (χ1n) is 7.41. The first-order chi connectivity index (χ1) is 9.93. The van der Waals surface area contributed by atoms with E-state index in [1.807, 2.05) is 31.2 Å². The van der Waals surface area contributed by atoms with E-state index < -0.39 is 0 Å². The maximum Gasteiger partial charge on any atom is 0.0743 e. The summed E-state index contributed by atoms with van der Waals surface area (Å²) in [6.45, 7) is 9.96. The van der Waals surface area contributed by atoms with E-state index in [1.54, 1.807) is 6.20 Å². The van der Waals surface area contributed by atoms with Gasteiger partial charge in [-0.1, -0.05) is 39.0 Å². The molecule has 1 atom stereocenters. The van der Waals surface area contributed by atoms with Crippen molar-refractivity contribution in [1.82, 2.24) is 4.98 Å². The molecule has 2 rings (SSSR count). The number of nitrogens with zero attached hydrogens (tertiary/aromatic N) is 1. The Labute approximate surface area is 126 Å². The number of para-hydroxylation sites is 1. The van der Waals surface area contributed by atoms with Crippen molar-refractivity contribution in [2.75, 3.05) is 24.3 Å². The van der Waals surface area contributed by atoms with Gasteiger partial charge < -0.3 is 15.8 Å². The van der Waals surface area contributed by atoms with Crippen molar-refractivity contribution in [3.05, 3.63) is 30.5 Å². The van der Waals surface area contributed by atoms with Crippen LogP contribution in [0.2, 0.25) is 0 Å². The lowest BCUT2D eigenvalue weighted by atomic mass is 9.87. The van der Waals surface area contributed by atoms with E-state index >= 15 is 0 Å². The van der Waals surface area contributed by atoms with E-state index in [-0.39, 0.29) is 11.5 Å². The third-order valence-corrected chi connectivity index (χ3v) is 3.66. The molecule has 0 saturated heterocycles. The summed E-state index contributed by atoms with van der Waals surface area (Å²) in [6, 6.07) is 8.20. The summed E-state index contributed by atoms with van der Waals surface area (Å²) in [5.74, 6) is 0. The van der Waals surface area contributed by atoms with Gasteiger partial charge in [0.15, 0.2) is 0 Å². The molecule has 0 amide bonds. The van der Waals surface area contributed by atoms with Crippen LogP contribution in [0, 0.1) is 5.41 Å². The van der Waals surface area contributed by atoms with Gasteiger partial charge in [-0.2, -0.15) is 0 Å². The van der Waals surface area contributed by atoms with Crippen LogP contribution in [0.25, 0.3) is 10.9 Å². The number of nitrogens with one attached hydrogen (secondary N) is 1. The van der Waals surface area contributed by atoms with Gasteiger partial charge in [-0.15, -0.1) is 0 Å². The summed E-state index contributed by atoms with van der Waals surface area (Å²) in [6.07, 6.45) is 1.71. The molecular weight excluding hydrogens is 262 g/mol. The SMILES string of the molecule is CCOC[C@@H](Nc1c(N)cnc2ccccc12)C(C)(C)C.